The van der Waals surface area contributed by atoms with Gasteiger partial charge in [0, 0.05) is 23.8 Å². The van der Waals surface area contributed by atoms with Gasteiger partial charge in [0.2, 0.25) is 5.88 Å². The van der Waals surface area contributed by atoms with Crippen LogP contribution in [-0.2, 0) is 0 Å². The topological polar surface area (TPSA) is 86.0 Å². The number of methoxy groups -OCH3 is 1. The number of pyridine rings is 1. The van der Waals surface area contributed by atoms with Gasteiger partial charge in [-0.05, 0) is 17.0 Å². The molecule has 2 aromatic heterocycles. The number of aromatic nitrogens is 3. The molecule has 0 bridgehead atoms. The molecule has 0 radical (unpaired) electrons. The number of rotatable bonds is 4. The minimum atomic E-state index is -0.256. The van der Waals surface area contributed by atoms with Crippen LogP contribution < -0.4 is 16.0 Å². The lowest BCUT2D eigenvalue weighted by molar-refractivity contribution is 0.395. The Hall–Kier alpha value is -2.57. The third kappa shape index (κ3) is 2.54. The van der Waals surface area contributed by atoms with E-state index >= 15 is 0 Å². The van der Waals surface area contributed by atoms with Crippen molar-refractivity contribution in [1.82, 2.24) is 20.4 Å². The smallest absolute Gasteiger partial charge is 0.216 e. The minimum absolute atomic E-state index is 0.256. The highest BCUT2D eigenvalue weighted by atomic mass is 16.5. The zero-order chi connectivity index (χ0) is 14.7. The second kappa shape index (κ2) is 5.82. The fraction of sp³-hybridized carbons (Fsp3) is 0.133. The van der Waals surface area contributed by atoms with Crippen LogP contribution in [0.5, 0.6) is 5.88 Å². The molecular weight excluding hydrogens is 266 g/mol. The SMILES string of the molecule is COc1cc(C(NN)c2cccc3cnccc23)ncn1. The van der Waals surface area contributed by atoms with Crippen molar-refractivity contribution in [3.05, 3.63) is 60.3 Å². The average Bonchev–Trinajstić information content (AvgIpc) is 2.56. The van der Waals surface area contributed by atoms with Crippen molar-refractivity contribution in [3.8, 4) is 5.88 Å². The molecule has 21 heavy (non-hydrogen) atoms. The molecule has 0 amide bonds. The van der Waals surface area contributed by atoms with E-state index in [1.165, 1.54) is 6.33 Å². The lowest BCUT2D eigenvalue weighted by Crippen LogP contribution is -2.29. The van der Waals surface area contributed by atoms with Crippen molar-refractivity contribution in [3.63, 3.8) is 0 Å². The third-order valence-corrected chi connectivity index (χ3v) is 3.36. The molecular formula is C15H15N5O. The zero-order valence-electron chi connectivity index (χ0n) is 11.5. The molecule has 0 fully saturated rings. The molecule has 0 spiro atoms. The van der Waals surface area contributed by atoms with Crippen molar-refractivity contribution in [2.75, 3.05) is 7.11 Å². The summed E-state index contributed by atoms with van der Waals surface area (Å²) >= 11 is 0. The number of fused-ring (bicyclic) bond motifs is 1. The molecule has 0 aliphatic rings. The second-order valence-corrected chi connectivity index (χ2v) is 4.53. The molecule has 1 aromatic carbocycles. The Morgan fingerprint density at radius 3 is 2.95 bits per heavy atom. The van der Waals surface area contributed by atoms with E-state index in [1.54, 1.807) is 19.4 Å². The van der Waals surface area contributed by atoms with Gasteiger partial charge in [0.1, 0.15) is 6.33 Å². The van der Waals surface area contributed by atoms with E-state index in [4.69, 9.17) is 10.6 Å². The summed E-state index contributed by atoms with van der Waals surface area (Å²) in [6, 6.07) is 9.48. The van der Waals surface area contributed by atoms with Gasteiger partial charge < -0.3 is 4.74 Å². The maximum Gasteiger partial charge on any atom is 0.216 e. The summed E-state index contributed by atoms with van der Waals surface area (Å²) in [5.74, 6) is 6.25. The Bertz CT molecular complexity index is 756. The molecule has 0 aliphatic heterocycles. The van der Waals surface area contributed by atoms with Gasteiger partial charge in [-0.1, -0.05) is 18.2 Å². The van der Waals surface area contributed by atoms with Gasteiger partial charge in [0.05, 0.1) is 18.8 Å². The first-order valence-electron chi connectivity index (χ1n) is 6.48. The van der Waals surface area contributed by atoms with E-state index in [2.05, 4.69) is 20.4 Å². The molecule has 0 aliphatic carbocycles. The number of nitrogens with two attached hydrogens (primary N) is 1. The van der Waals surface area contributed by atoms with Crippen LogP contribution in [0.3, 0.4) is 0 Å². The van der Waals surface area contributed by atoms with Crippen molar-refractivity contribution >= 4 is 10.8 Å². The van der Waals surface area contributed by atoms with Gasteiger partial charge in [0.15, 0.2) is 0 Å². The van der Waals surface area contributed by atoms with Gasteiger partial charge in [0.25, 0.3) is 0 Å². The van der Waals surface area contributed by atoms with Crippen LogP contribution in [0.25, 0.3) is 10.8 Å². The van der Waals surface area contributed by atoms with Crippen LogP contribution >= 0.6 is 0 Å². The fourth-order valence-electron chi connectivity index (χ4n) is 2.36. The highest BCUT2D eigenvalue weighted by molar-refractivity contribution is 5.85. The highest BCUT2D eigenvalue weighted by Crippen LogP contribution is 2.27. The standard InChI is InChI=1S/C15H15N5O/c1-21-14-7-13(18-9-19-14)15(20-16)12-4-2-3-10-8-17-6-5-11(10)12/h2-9,15,20H,16H2,1H3. The van der Waals surface area contributed by atoms with Crippen LogP contribution in [-0.4, -0.2) is 22.1 Å². The van der Waals surface area contributed by atoms with Crippen LogP contribution in [0.1, 0.15) is 17.3 Å². The highest BCUT2D eigenvalue weighted by Gasteiger charge is 2.17. The summed E-state index contributed by atoms with van der Waals surface area (Å²) in [7, 11) is 1.57. The summed E-state index contributed by atoms with van der Waals surface area (Å²) < 4.78 is 5.14. The Labute approximate surface area is 122 Å². The lowest BCUT2D eigenvalue weighted by Gasteiger charge is -2.18. The first-order valence-corrected chi connectivity index (χ1v) is 6.48. The van der Waals surface area contributed by atoms with Crippen molar-refractivity contribution in [2.24, 2.45) is 5.84 Å². The summed E-state index contributed by atoms with van der Waals surface area (Å²) in [6.07, 6.45) is 5.05. The Balaban J connectivity index is 2.13. The third-order valence-electron chi connectivity index (χ3n) is 3.36. The fourth-order valence-corrected chi connectivity index (χ4v) is 2.36. The Morgan fingerprint density at radius 1 is 1.24 bits per heavy atom. The Morgan fingerprint density at radius 2 is 2.14 bits per heavy atom. The summed E-state index contributed by atoms with van der Waals surface area (Å²) in [4.78, 5) is 12.5. The monoisotopic (exact) mass is 281 g/mol. The molecule has 0 saturated heterocycles. The maximum absolute atomic E-state index is 5.75. The number of nitrogens with zero attached hydrogens (tertiary/aromatic N) is 3. The van der Waals surface area contributed by atoms with E-state index < -0.39 is 0 Å². The van der Waals surface area contributed by atoms with Crippen LogP contribution in [0, 0.1) is 0 Å². The van der Waals surface area contributed by atoms with Gasteiger partial charge in [-0.3, -0.25) is 10.8 Å². The molecule has 3 N–H and O–H groups in total. The van der Waals surface area contributed by atoms with E-state index in [1.807, 2.05) is 30.5 Å². The molecule has 0 saturated carbocycles. The summed E-state index contributed by atoms with van der Waals surface area (Å²) in [6.45, 7) is 0. The molecule has 106 valence electrons. The largest absolute Gasteiger partial charge is 0.481 e. The molecule has 1 atom stereocenters. The molecule has 3 aromatic rings. The van der Waals surface area contributed by atoms with E-state index in [-0.39, 0.29) is 6.04 Å². The Kier molecular flexibility index (Phi) is 3.72. The van der Waals surface area contributed by atoms with Crippen LogP contribution in [0.15, 0.2) is 49.1 Å². The number of hydrogen-bond donors (Lipinski definition) is 2. The van der Waals surface area contributed by atoms with E-state index in [0.717, 1.165) is 22.0 Å². The predicted octanol–water partition coefficient (Wildman–Crippen LogP) is 1.59. The number of hydrazine groups is 1. The van der Waals surface area contributed by atoms with Crippen LogP contribution in [0.4, 0.5) is 0 Å². The predicted molar refractivity (Wildman–Crippen MR) is 79.5 cm³/mol. The summed E-state index contributed by atoms with van der Waals surface area (Å²) in [5, 5.41) is 2.13. The number of hydrogen-bond acceptors (Lipinski definition) is 6. The van der Waals surface area contributed by atoms with Crippen LogP contribution in [0.2, 0.25) is 0 Å². The lowest BCUT2D eigenvalue weighted by atomic mass is 9.98. The van der Waals surface area contributed by atoms with E-state index in [0.29, 0.717) is 5.88 Å². The molecule has 2 heterocycles. The second-order valence-electron chi connectivity index (χ2n) is 4.53. The quantitative estimate of drug-likeness (QED) is 0.558. The van der Waals surface area contributed by atoms with Crippen molar-refractivity contribution in [2.45, 2.75) is 6.04 Å². The minimum Gasteiger partial charge on any atom is -0.481 e. The molecule has 3 rings (SSSR count). The van der Waals surface area contributed by atoms with Gasteiger partial charge in [-0.2, -0.15) is 0 Å². The average molecular weight is 281 g/mol. The number of ether oxygens (including phenoxy) is 1. The van der Waals surface area contributed by atoms with Crippen molar-refractivity contribution in [1.29, 1.82) is 0 Å². The van der Waals surface area contributed by atoms with E-state index in [9.17, 15) is 0 Å². The van der Waals surface area contributed by atoms with Gasteiger partial charge in [-0.15, -0.1) is 0 Å². The zero-order valence-corrected chi connectivity index (χ0v) is 11.5. The van der Waals surface area contributed by atoms with Gasteiger partial charge in [-0.25, -0.2) is 15.4 Å². The first-order chi connectivity index (χ1) is 10.3. The first kappa shape index (κ1) is 13.4. The number of benzene rings is 1. The molecule has 1 unspecified atom stereocenters. The maximum atomic E-state index is 5.75. The molecule has 6 nitrogen and oxygen atoms in total. The molecule has 6 heteroatoms. The summed E-state index contributed by atoms with van der Waals surface area (Å²) in [5.41, 5.74) is 4.58. The van der Waals surface area contributed by atoms with Gasteiger partial charge >= 0.3 is 0 Å². The normalized spacial score (nSPS) is 12.3. The van der Waals surface area contributed by atoms with Crippen molar-refractivity contribution < 1.29 is 4.74 Å². The number of nitrogens with one attached hydrogen (secondary N) is 1.